The van der Waals surface area contributed by atoms with Gasteiger partial charge in [0.15, 0.2) is 0 Å². The molecule has 0 aliphatic rings. The molecule has 2 rings (SSSR count). The van der Waals surface area contributed by atoms with E-state index < -0.39 is 32.4 Å². The van der Waals surface area contributed by atoms with Gasteiger partial charge in [-0.15, -0.1) is 0 Å². The van der Waals surface area contributed by atoms with Gasteiger partial charge in [-0.05, 0) is 63.1 Å². The van der Waals surface area contributed by atoms with Crippen LogP contribution in [0.5, 0.6) is 0 Å². The second kappa shape index (κ2) is 8.52. The molecule has 0 aliphatic carbocycles. The summed E-state index contributed by atoms with van der Waals surface area (Å²) in [5.41, 5.74) is 1.60. The highest BCUT2D eigenvalue weighted by Gasteiger charge is 2.24. The minimum atomic E-state index is -3.93. The number of rotatable bonds is 8. The van der Waals surface area contributed by atoms with Gasteiger partial charge in [-0.2, -0.15) is 16.8 Å². The maximum absolute atomic E-state index is 12.3. The molecule has 0 saturated heterocycles. The van der Waals surface area contributed by atoms with Crippen LogP contribution in [0.25, 0.3) is 0 Å². The molecule has 2 unspecified atom stereocenters. The SMILES string of the molecule is Cc1cccc(S(=O)(=O)OC(C)CC(C)OS(=O)(=O)c2cccc(C)c2)c1. The van der Waals surface area contributed by atoms with E-state index in [0.717, 1.165) is 11.1 Å². The van der Waals surface area contributed by atoms with Crippen molar-refractivity contribution in [2.45, 2.75) is 56.1 Å². The van der Waals surface area contributed by atoms with E-state index in [2.05, 4.69) is 0 Å². The number of hydrogen-bond donors (Lipinski definition) is 0. The molecule has 6 nitrogen and oxygen atoms in total. The van der Waals surface area contributed by atoms with Crippen molar-refractivity contribution in [3.05, 3.63) is 59.7 Å². The summed E-state index contributed by atoms with van der Waals surface area (Å²) >= 11 is 0. The Bertz CT molecular complexity index is 915. The molecule has 2 aromatic carbocycles. The largest absolute Gasteiger partial charge is 0.297 e. The van der Waals surface area contributed by atoms with E-state index in [1.807, 2.05) is 0 Å². The van der Waals surface area contributed by atoms with Gasteiger partial charge < -0.3 is 0 Å². The standard InChI is InChI=1S/C19H24O6S2/c1-14-7-5-9-18(11-14)26(20,21)24-16(3)13-17(4)25-27(22,23)19-10-6-8-15(2)12-19/h5-12,16-17H,13H2,1-4H3. The van der Waals surface area contributed by atoms with Crippen molar-refractivity contribution >= 4 is 20.2 Å². The van der Waals surface area contributed by atoms with Gasteiger partial charge in [0, 0.05) is 6.42 Å². The quantitative estimate of drug-likeness (QED) is 0.616. The van der Waals surface area contributed by atoms with Gasteiger partial charge in [0.1, 0.15) is 0 Å². The highest BCUT2D eigenvalue weighted by molar-refractivity contribution is 7.87. The molecule has 2 atom stereocenters. The van der Waals surface area contributed by atoms with Crippen LogP contribution >= 0.6 is 0 Å². The van der Waals surface area contributed by atoms with Crippen LogP contribution in [0.15, 0.2) is 58.3 Å². The molecule has 27 heavy (non-hydrogen) atoms. The second-order valence-electron chi connectivity index (χ2n) is 6.59. The minimum Gasteiger partial charge on any atom is -0.263 e. The smallest absolute Gasteiger partial charge is 0.263 e. The molecule has 2 aromatic rings. The predicted molar refractivity (Wildman–Crippen MR) is 102 cm³/mol. The molecular formula is C19H24O6S2. The molecule has 0 N–H and O–H groups in total. The van der Waals surface area contributed by atoms with E-state index in [0.29, 0.717) is 0 Å². The summed E-state index contributed by atoms with van der Waals surface area (Å²) in [4.78, 5) is 0.130. The summed E-state index contributed by atoms with van der Waals surface area (Å²) in [5, 5.41) is 0. The van der Waals surface area contributed by atoms with E-state index in [9.17, 15) is 16.8 Å². The summed E-state index contributed by atoms with van der Waals surface area (Å²) in [6.45, 7) is 6.70. The van der Waals surface area contributed by atoms with Crippen molar-refractivity contribution in [2.24, 2.45) is 0 Å². The maximum Gasteiger partial charge on any atom is 0.297 e. The molecule has 0 aromatic heterocycles. The van der Waals surface area contributed by atoms with Crippen molar-refractivity contribution in [3.8, 4) is 0 Å². The Kier molecular flexibility index (Phi) is 6.80. The van der Waals surface area contributed by atoms with Gasteiger partial charge in [0.05, 0.1) is 22.0 Å². The minimum absolute atomic E-state index is 0.0651. The fourth-order valence-electron chi connectivity index (χ4n) is 2.63. The number of aryl methyl sites for hydroxylation is 2. The first kappa shape index (κ1) is 21.6. The van der Waals surface area contributed by atoms with Gasteiger partial charge in [-0.3, -0.25) is 8.37 Å². The third-order valence-electron chi connectivity index (χ3n) is 3.80. The zero-order valence-electron chi connectivity index (χ0n) is 15.7. The summed E-state index contributed by atoms with van der Waals surface area (Å²) in [7, 11) is -7.87. The lowest BCUT2D eigenvalue weighted by molar-refractivity contribution is 0.140. The van der Waals surface area contributed by atoms with Crippen LogP contribution in [0.1, 0.15) is 31.4 Å². The summed E-state index contributed by atoms with van der Waals surface area (Å²) in [6, 6.07) is 12.8. The Morgan fingerprint density at radius 1 is 0.741 bits per heavy atom. The summed E-state index contributed by atoms with van der Waals surface area (Å²) in [5.74, 6) is 0. The van der Waals surface area contributed by atoms with Crippen molar-refractivity contribution in [1.82, 2.24) is 0 Å². The van der Waals surface area contributed by atoms with E-state index in [4.69, 9.17) is 8.37 Å². The van der Waals surface area contributed by atoms with E-state index in [1.165, 1.54) is 24.3 Å². The van der Waals surface area contributed by atoms with Crippen molar-refractivity contribution < 1.29 is 25.2 Å². The van der Waals surface area contributed by atoms with Gasteiger partial charge in [-0.1, -0.05) is 24.3 Å². The van der Waals surface area contributed by atoms with Crippen LogP contribution in [0.3, 0.4) is 0 Å². The first-order valence-electron chi connectivity index (χ1n) is 8.49. The van der Waals surface area contributed by atoms with Gasteiger partial charge >= 0.3 is 0 Å². The van der Waals surface area contributed by atoms with Crippen molar-refractivity contribution in [1.29, 1.82) is 0 Å². The van der Waals surface area contributed by atoms with E-state index in [1.54, 1.807) is 52.0 Å². The van der Waals surface area contributed by atoms with Gasteiger partial charge in [0.2, 0.25) is 0 Å². The Labute approximate surface area is 161 Å². The normalized spacial score (nSPS) is 14.7. The summed E-state index contributed by atoms with van der Waals surface area (Å²) < 4.78 is 59.7. The lowest BCUT2D eigenvalue weighted by Crippen LogP contribution is -2.24. The molecule has 0 amide bonds. The number of hydrogen-bond acceptors (Lipinski definition) is 6. The average molecular weight is 413 g/mol. The lowest BCUT2D eigenvalue weighted by atomic mass is 10.2. The van der Waals surface area contributed by atoms with Crippen LogP contribution in [0.2, 0.25) is 0 Å². The lowest BCUT2D eigenvalue weighted by Gasteiger charge is -2.18. The molecule has 0 heterocycles. The first-order valence-corrected chi connectivity index (χ1v) is 11.3. The fraction of sp³-hybridized carbons (Fsp3) is 0.368. The molecular weight excluding hydrogens is 388 g/mol. The molecule has 0 saturated carbocycles. The highest BCUT2D eigenvalue weighted by Crippen LogP contribution is 2.21. The van der Waals surface area contributed by atoms with Crippen LogP contribution in [-0.4, -0.2) is 29.0 Å². The second-order valence-corrected chi connectivity index (χ2v) is 9.73. The highest BCUT2D eigenvalue weighted by atomic mass is 32.2. The topological polar surface area (TPSA) is 86.7 Å². The molecule has 8 heteroatoms. The van der Waals surface area contributed by atoms with Crippen LogP contribution in [0.4, 0.5) is 0 Å². The molecule has 0 aliphatic heterocycles. The fourth-order valence-corrected chi connectivity index (χ4v) is 5.03. The Balaban J connectivity index is 2.02. The van der Waals surface area contributed by atoms with Crippen LogP contribution in [-0.2, 0) is 28.6 Å². The van der Waals surface area contributed by atoms with Crippen molar-refractivity contribution in [2.75, 3.05) is 0 Å². The zero-order valence-corrected chi connectivity index (χ0v) is 17.4. The van der Waals surface area contributed by atoms with E-state index >= 15 is 0 Å². The monoisotopic (exact) mass is 412 g/mol. The first-order chi connectivity index (χ1) is 12.5. The molecule has 0 bridgehead atoms. The Morgan fingerprint density at radius 3 is 1.44 bits per heavy atom. The third-order valence-corrected chi connectivity index (χ3v) is 6.63. The van der Waals surface area contributed by atoms with Gasteiger partial charge in [-0.25, -0.2) is 0 Å². The third kappa shape index (κ3) is 6.14. The summed E-state index contributed by atoms with van der Waals surface area (Å²) in [6.07, 6.45) is -1.41. The number of benzene rings is 2. The maximum atomic E-state index is 12.3. The van der Waals surface area contributed by atoms with Crippen LogP contribution in [0, 0.1) is 13.8 Å². The van der Waals surface area contributed by atoms with Crippen LogP contribution < -0.4 is 0 Å². The van der Waals surface area contributed by atoms with Gasteiger partial charge in [0.25, 0.3) is 20.2 Å². The van der Waals surface area contributed by atoms with Crippen molar-refractivity contribution in [3.63, 3.8) is 0 Å². The molecule has 0 radical (unpaired) electrons. The zero-order chi connectivity index (χ0) is 20.2. The van der Waals surface area contributed by atoms with E-state index in [-0.39, 0.29) is 16.2 Å². The molecule has 148 valence electrons. The molecule has 0 fully saturated rings. The Morgan fingerprint density at radius 2 is 1.11 bits per heavy atom. The Hall–Kier alpha value is -1.74. The predicted octanol–water partition coefficient (Wildman–Crippen LogP) is 3.58. The molecule has 0 spiro atoms. The average Bonchev–Trinajstić information content (AvgIpc) is 2.53.